The number of nitrogens with two attached hydrogens (primary N) is 1. The predicted octanol–water partition coefficient (Wildman–Crippen LogP) is 2.07. The van der Waals surface area contributed by atoms with E-state index in [0.717, 1.165) is 22.0 Å². The molecule has 4 heteroatoms. The second kappa shape index (κ2) is 4.50. The highest BCUT2D eigenvalue weighted by molar-refractivity contribution is 5.85. The molecule has 0 bridgehead atoms. The van der Waals surface area contributed by atoms with Crippen molar-refractivity contribution in [3.8, 4) is 0 Å². The Bertz CT molecular complexity index is 661. The maximum absolute atomic E-state index is 6.24. The molecular formula is C14H12N4. The lowest BCUT2D eigenvalue weighted by Crippen LogP contribution is -2.14. The van der Waals surface area contributed by atoms with Crippen LogP contribution in [-0.4, -0.2) is 15.0 Å². The summed E-state index contributed by atoms with van der Waals surface area (Å²) in [6.45, 7) is 0. The molecule has 0 aliphatic heterocycles. The van der Waals surface area contributed by atoms with Gasteiger partial charge in [-0.3, -0.25) is 15.0 Å². The van der Waals surface area contributed by atoms with Gasteiger partial charge in [0.1, 0.15) is 0 Å². The summed E-state index contributed by atoms with van der Waals surface area (Å²) in [7, 11) is 0. The maximum atomic E-state index is 6.24. The Labute approximate surface area is 105 Å². The standard InChI is InChI=1S/C14H12N4/c15-14(13-9-16-5-6-18-13)12-8-17-7-10-3-1-2-4-11(10)12/h1-9,14H,15H2. The van der Waals surface area contributed by atoms with Crippen molar-refractivity contribution in [1.29, 1.82) is 0 Å². The van der Waals surface area contributed by atoms with Gasteiger partial charge in [-0.15, -0.1) is 0 Å². The molecule has 18 heavy (non-hydrogen) atoms. The zero-order valence-electron chi connectivity index (χ0n) is 9.69. The molecule has 1 aromatic carbocycles. The van der Waals surface area contributed by atoms with Crippen molar-refractivity contribution in [2.75, 3.05) is 0 Å². The van der Waals surface area contributed by atoms with E-state index in [1.54, 1.807) is 24.8 Å². The van der Waals surface area contributed by atoms with E-state index >= 15 is 0 Å². The van der Waals surface area contributed by atoms with Crippen molar-refractivity contribution in [1.82, 2.24) is 15.0 Å². The number of nitrogens with zero attached hydrogens (tertiary/aromatic N) is 3. The van der Waals surface area contributed by atoms with Crippen LogP contribution in [0.4, 0.5) is 0 Å². The van der Waals surface area contributed by atoms with Crippen molar-refractivity contribution in [3.63, 3.8) is 0 Å². The van der Waals surface area contributed by atoms with Gasteiger partial charge in [-0.2, -0.15) is 0 Å². The molecule has 2 N–H and O–H groups in total. The number of pyridine rings is 1. The molecule has 88 valence electrons. The lowest BCUT2D eigenvalue weighted by atomic mass is 10.0. The van der Waals surface area contributed by atoms with Crippen LogP contribution < -0.4 is 5.73 Å². The van der Waals surface area contributed by atoms with Crippen molar-refractivity contribution in [3.05, 3.63) is 66.5 Å². The quantitative estimate of drug-likeness (QED) is 0.739. The summed E-state index contributed by atoms with van der Waals surface area (Å²) in [5, 5.41) is 2.18. The molecule has 3 aromatic rings. The van der Waals surface area contributed by atoms with Crippen LogP contribution >= 0.6 is 0 Å². The molecule has 0 radical (unpaired) electrons. The summed E-state index contributed by atoms with van der Waals surface area (Å²) in [4.78, 5) is 12.5. The highest BCUT2D eigenvalue weighted by atomic mass is 14.8. The van der Waals surface area contributed by atoms with Crippen molar-refractivity contribution in [2.24, 2.45) is 5.73 Å². The molecule has 0 aliphatic rings. The van der Waals surface area contributed by atoms with Crippen LogP contribution in [0.2, 0.25) is 0 Å². The monoisotopic (exact) mass is 236 g/mol. The first-order chi connectivity index (χ1) is 8.86. The topological polar surface area (TPSA) is 64.7 Å². The maximum Gasteiger partial charge on any atom is 0.0800 e. The Morgan fingerprint density at radius 3 is 2.67 bits per heavy atom. The highest BCUT2D eigenvalue weighted by Gasteiger charge is 2.13. The average molecular weight is 236 g/mol. The molecule has 2 aromatic heterocycles. The van der Waals surface area contributed by atoms with Crippen LogP contribution in [0.3, 0.4) is 0 Å². The fraction of sp³-hybridized carbons (Fsp3) is 0.0714. The molecule has 0 fully saturated rings. The molecule has 0 amide bonds. The summed E-state index contributed by atoms with van der Waals surface area (Å²) < 4.78 is 0. The van der Waals surface area contributed by atoms with Gasteiger partial charge in [-0.05, 0) is 5.39 Å². The predicted molar refractivity (Wildman–Crippen MR) is 69.8 cm³/mol. The summed E-state index contributed by atoms with van der Waals surface area (Å²) >= 11 is 0. The first-order valence-electron chi connectivity index (χ1n) is 5.70. The lowest BCUT2D eigenvalue weighted by Gasteiger charge is -2.13. The number of rotatable bonds is 2. The SMILES string of the molecule is NC(c1cnccn1)c1cncc2ccccc12. The summed E-state index contributed by atoms with van der Waals surface area (Å²) in [5.41, 5.74) is 7.95. The van der Waals surface area contributed by atoms with Gasteiger partial charge in [-0.25, -0.2) is 0 Å². The minimum absolute atomic E-state index is 0.308. The highest BCUT2D eigenvalue weighted by Crippen LogP contribution is 2.24. The molecule has 4 nitrogen and oxygen atoms in total. The zero-order valence-corrected chi connectivity index (χ0v) is 9.69. The van der Waals surface area contributed by atoms with Crippen molar-refractivity contribution in [2.45, 2.75) is 6.04 Å². The van der Waals surface area contributed by atoms with E-state index in [9.17, 15) is 0 Å². The van der Waals surface area contributed by atoms with E-state index in [1.165, 1.54) is 0 Å². The van der Waals surface area contributed by atoms with E-state index in [0.29, 0.717) is 0 Å². The van der Waals surface area contributed by atoms with Gasteiger partial charge in [0.15, 0.2) is 0 Å². The van der Waals surface area contributed by atoms with Gasteiger partial charge in [0.2, 0.25) is 0 Å². The Hall–Kier alpha value is -2.33. The van der Waals surface area contributed by atoms with Gasteiger partial charge >= 0.3 is 0 Å². The lowest BCUT2D eigenvalue weighted by molar-refractivity contribution is 0.820. The Morgan fingerprint density at radius 2 is 1.83 bits per heavy atom. The largest absolute Gasteiger partial charge is 0.319 e. The summed E-state index contributed by atoms with van der Waals surface area (Å²) in [5.74, 6) is 0. The van der Waals surface area contributed by atoms with Crippen molar-refractivity contribution >= 4 is 10.8 Å². The zero-order chi connectivity index (χ0) is 12.4. The van der Waals surface area contributed by atoms with Crippen LogP contribution in [-0.2, 0) is 0 Å². The van der Waals surface area contributed by atoms with Crippen LogP contribution in [0, 0.1) is 0 Å². The van der Waals surface area contributed by atoms with Crippen LogP contribution in [0.15, 0.2) is 55.2 Å². The van der Waals surface area contributed by atoms with E-state index in [4.69, 9.17) is 5.73 Å². The molecule has 3 rings (SSSR count). The third-order valence-electron chi connectivity index (χ3n) is 2.94. The molecule has 0 saturated heterocycles. The molecule has 2 heterocycles. The van der Waals surface area contributed by atoms with E-state index in [2.05, 4.69) is 15.0 Å². The van der Waals surface area contributed by atoms with Gasteiger partial charge in [0.25, 0.3) is 0 Å². The fourth-order valence-corrected chi connectivity index (χ4v) is 2.02. The van der Waals surface area contributed by atoms with Crippen LogP contribution in [0.25, 0.3) is 10.8 Å². The molecular weight excluding hydrogens is 224 g/mol. The second-order valence-corrected chi connectivity index (χ2v) is 4.06. The number of fused-ring (bicyclic) bond motifs is 1. The van der Waals surface area contributed by atoms with Gasteiger partial charge in [0.05, 0.1) is 17.9 Å². The van der Waals surface area contributed by atoms with E-state index < -0.39 is 0 Å². The summed E-state index contributed by atoms with van der Waals surface area (Å²) in [6, 6.07) is 7.74. The number of hydrogen-bond donors (Lipinski definition) is 1. The smallest absolute Gasteiger partial charge is 0.0800 e. The molecule has 1 atom stereocenters. The number of aromatic nitrogens is 3. The molecule has 0 saturated carbocycles. The second-order valence-electron chi connectivity index (χ2n) is 4.06. The van der Waals surface area contributed by atoms with Crippen LogP contribution in [0.1, 0.15) is 17.3 Å². The first-order valence-corrected chi connectivity index (χ1v) is 5.70. The Kier molecular flexibility index (Phi) is 2.70. The van der Waals surface area contributed by atoms with Gasteiger partial charge in [-0.1, -0.05) is 24.3 Å². The first kappa shape index (κ1) is 10.8. The van der Waals surface area contributed by atoms with E-state index in [-0.39, 0.29) is 6.04 Å². The average Bonchev–Trinajstić information content (AvgIpc) is 2.47. The molecule has 0 spiro atoms. The number of hydrogen-bond acceptors (Lipinski definition) is 4. The van der Waals surface area contributed by atoms with Gasteiger partial charge in [0, 0.05) is 35.7 Å². The van der Waals surface area contributed by atoms with E-state index in [1.807, 2.05) is 30.5 Å². The minimum atomic E-state index is -0.308. The normalized spacial score (nSPS) is 12.5. The van der Waals surface area contributed by atoms with Crippen LogP contribution in [0.5, 0.6) is 0 Å². The molecule has 1 unspecified atom stereocenters. The number of benzene rings is 1. The summed E-state index contributed by atoms with van der Waals surface area (Å²) in [6.07, 6.45) is 8.60. The Morgan fingerprint density at radius 1 is 0.944 bits per heavy atom. The van der Waals surface area contributed by atoms with Gasteiger partial charge < -0.3 is 5.73 Å². The molecule has 0 aliphatic carbocycles. The third-order valence-corrected chi connectivity index (χ3v) is 2.94. The Balaban J connectivity index is 2.15. The fourth-order valence-electron chi connectivity index (χ4n) is 2.02. The third kappa shape index (κ3) is 1.83. The van der Waals surface area contributed by atoms with Crippen molar-refractivity contribution < 1.29 is 0 Å². The minimum Gasteiger partial charge on any atom is -0.319 e.